The van der Waals surface area contributed by atoms with Crippen LogP contribution in [-0.4, -0.2) is 17.4 Å². The fraction of sp³-hybridized carbons (Fsp3) is 0.375. The lowest BCUT2D eigenvalue weighted by atomic mass is 9.86. The number of thiazole rings is 1. The smallest absolute Gasteiger partial charge is 0.231 e. The Morgan fingerprint density at radius 2 is 2.24 bits per heavy atom. The number of carbonyl (C=O) groups excluding carboxylic acids is 1. The number of benzene rings is 1. The van der Waals surface area contributed by atoms with Gasteiger partial charge in [-0.3, -0.25) is 4.79 Å². The van der Waals surface area contributed by atoms with E-state index in [0.29, 0.717) is 13.0 Å². The number of hydrogen-bond acceptors (Lipinski definition) is 4. The van der Waals surface area contributed by atoms with E-state index in [-0.39, 0.29) is 5.91 Å². The number of rotatable bonds is 5. The summed E-state index contributed by atoms with van der Waals surface area (Å²) in [6.07, 6.45) is 0.709. The Morgan fingerprint density at radius 1 is 1.48 bits per heavy atom. The van der Waals surface area contributed by atoms with Crippen LogP contribution in [0.15, 0.2) is 29.6 Å². The fourth-order valence-corrected chi connectivity index (χ4v) is 2.55. The topological polar surface area (TPSA) is 68.0 Å². The van der Waals surface area contributed by atoms with Crippen LogP contribution in [0.5, 0.6) is 0 Å². The summed E-state index contributed by atoms with van der Waals surface area (Å²) in [7, 11) is 0. The molecule has 0 saturated heterocycles. The second-order valence-electron chi connectivity index (χ2n) is 5.41. The molecule has 0 bridgehead atoms. The van der Waals surface area contributed by atoms with Crippen molar-refractivity contribution >= 4 is 22.9 Å². The second-order valence-corrected chi connectivity index (χ2v) is 6.47. The van der Waals surface area contributed by atoms with Gasteiger partial charge in [-0.2, -0.15) is 0 Å². The van der Waals surface area contributed by atoms with Crippen LogP contribution in [0, 0.1) is 12.3 Å². The summed E-state index contributed by atoms with van der Waals surface area (Å²) in [5.41, 5.74) is 7.90. The van der Waals surface area contributed by atoms with Gasteiger partial charge in [0.15, 0.2) is 0 Å². The molecule has 1 heterocycles. The van der Waals surface area contributed by atoms with Crippen molar-refractivity contribution in [3.63, 3.8) is 0 Å². The van der Waals surface area contributed by atoms with Gasteiger partial charge >= 0.3 is 0 Å². The minimum atomic E-state index is -0.535. The molecule has 1 aromatic heterocycles. The first-order chi connectivity index (χ1) is 9.98. The first kappa shape index (κ1) is 15.7. The lowest BCUT2D eigenvalue weighted by molar-refractivity contribution is -0.124. The summed E-state index contributed by atoms with van der Waals surface area (Å²) in [6.45, 7) is 6.17. The van der Waals surface area contributed by atoms with Gasteiger partial charge in [0.25, 0.3) is 0 Å². The zero-order valence-corrected chi connectivity index (χ0v) is 13.5. The van der Waals surface area contributed by atoms with E-state index in [4.69, 9.17) is 5.73 Å². The normalized spacial score (nSPS) is 13.7. The summed E-state index contributed by atoms with van der Waals surface area (Å²) in [4.78, 5) is 16.8. The monoisotopic (exact) mass is 303 g/mol. The van der Waals surface area contributed by atoms with Crippen molar-refractivity contribution in [1.29, 1.82) is 0 Å². The third kappa shape index (κ3) is 3.49. The van der Waals surface area contributed by atoms with Crippen LogP contribution in [0.4, 0.5) is 5.69 Å². The van der Waals surface area contributed by atoms with E-state index in [1.165, 1.54) is 0 Å². The predicted octanol–water partition coefficient (Wildman–Crippen LogP) is 3.43. The van der Waals surface area contributed by atoms with Crippen LogP contribution in [0.2, 0.25) is 0 Å². The van der Waals surface area contributed by atoms with Gasteiger partial charge in [0, 0.05) is 23.2 Å². The molecule has 4 nitrogen and oxygen atoms in total. The van der Waals surface area contributed by atoms with E-state index in [0.717, 1.165) is 22.0 Å². The Morgan fingerprint density at radius 3 is 2.81 bits per heavy atom. The number of nitrogens with zero attached hydrogens (tertiary/aromatic N) is 1. The highest BCUT2D eigenvalue weighted by Gasteiger charge is 2.29. The molecule has 1 amide bonds. The Labute approximate surface area is 129 Å². The molecule has 5 heteroatoms. The van der Waals surface area contributed by atoms with E-state index in [1.54, 1.807) is 11.3 Å². The lowest BCUT2D eigenvalue weighted by Gasteiger charge is -2.25. The molecule has 1 atom stereocenters. The SMILES string of the molecule is CCC(C)(CN)C(=O)Nc1cccc(-c2csc(C)n2)c1. The highest BCUT2D eigenvalue weighted by Crippen LogP contribution is 2.26. The van der Waals surface area contributed by atoms with E-state index in [9.17, 15) is 4.79 Å². The first-order valence-corrected chi connectivity index (χ1v) is 7.90. The van der Waals surface area contributed by atoms with Gasteiger partial charge in [0.2, 0.25) is 5.91 Å². The van der Waals surface area contributed by atoms with Crippen LogP contribution in [-0.2, 0) is 4.79 Å². The van der Waals surface area contributed by atoms with Crippen molar-refractivity contribution < 1.29 is 4.79 Å². The number of nitrogens with two attached hydrogens (primary N) is 1. The van der Waals surface area contributed by atoms with Gasteiger partial charge in [-0.15, -0.1) is 11.3 Å². The van der Waals surface area contributed by atoms with Gasteiger partial charge in [0.05, 0.1) is 16.1 Å². The number of amides is 1. The maximum Gasteiger partial charge on any atom is 0.231 e. The average Bonchev–Trinajstić information content (AvgIpc) is 2.93. The minimum absolute atomic E-state index is 0.0425. The highest BCUT2D eigenvalue weighted by molar-refractivity contribution is 7.09. The second kappa shape index (κ2) is 6.37. The Balaban J connectivity index is 2.20. The largest absolute Gasteiger partial charge is 0.329 e. The lowest BCUT2D eigenvalue weighted by Crippen LogP contribution is -2.39. The Bertz CT molecular complexity index is 632. The number of aryl methyl sites for hydroxylation is 1. The molecular weight excluding hydrogens is 282 g/mol. The van der Waals surface area contributed by atoms with Gasteiger partial charge in [-0.1, -0.05) is 19.1 Å². The average molecular weight is 303 g/mol. The number of aromatic nitrogens is 1. The molecule has 1 unspecified atom stereocenters. The molecule has 0 spiro atoms. The molecule has 0 aliphatic carbocycles. The van der Waals surface area contributed by atoms with E-state index in [1.807, 2.05) is 50.4 Å². The Kier molecular flexibility index (Phi) is 4.75. The van der Waals surface area contributed by atoms with E-state index < -0.39 is 5.41 Å². The van der Waals surface area contributed by atoms with Gasteiger partial charge in [-0.05, 0) is 32.4 Å². The van der Waals surface area contributed by atoms with Crippen LogP contribution in [0.1, 0.15) is 25.3 Å². The molecule has 1 aromatic carbocycles. The third-order valence-corrected chi connectivity index (χ3v) is 4.59. The maximum absolute atomic E-state index is 12.3. The summed E-state index contributed by atoms with van der Waals surface area (Å²) >= 11 is 1.62. The zero-order valence-electron chi connectivity index (χ0n) is 12.6. The fourth-order valence-electron chi connectivity index (χ4n) is 1.93. The van der Waals surface area contributed by atoms with Crippen molar-refractivity contribution in [3.05, 3.63) is 34.7 Å². The van der Waals surface area contributed by atoms with Gasteiger partial charge in [-0.25, -0.2) is 4.98 Å². The van der Waals surface area contributed by atoms with E-state index >= 15 is 0 Å². The van der Waals surface area contributed by atoms with Gasteiger partial charge < -0.3 is 11.1 Å². The quantitative estimate of drug-likeness (QED) is 0.889. The van der Waals surface area contributed by atoms with Crippen LogP contribution in [0.25, 0.3) is 11.3 Å². The van der Waals surface area contributed by atoms with Crippen LogP contribution < -0.4 is 11.1 Å². The van der Waals surface area contributed by atoms with Crippen molar-refractivity contribution in [1.82, 2.24) is 4.98 Å². The molecular formula is C16H21N3OS. The summed E-state index contributed by atoms with van der Waals surface area (Å²) in [5.74, 6) is -0.0425. The molecule has 3 N–H and O–H groups in total. The first-order valence-electron chi connectivity index (χ1n) is 7.02. The summed E-state index contributed by atoms with van der Waals surface area (Å²) in [5, 5.41) is 6.01. The number of carbonyl (C=O) groups is 1. The molecule has 112 valence electrons. The molecule has 21 heavy (non-hydrogen) atoms. The molecule has 0 saturated carbocycles. The highest BCUT2D eigenvalue weighted by atomic mass is 32.1. The molecule has 0 fully saturated rings. The van der Waals surface area contributed by atoms with Crippen LogP contribution in [0.3, 0.4) is 0 Å². The van der Waals surface area contributed by atoms with Crippen molar-refractivity contribution in [2.45, 2.75) is 27.2 Å². The molecule has 2 aromatic rings. The zero-order chi connectivity index (χ0) is 15.5. The molecule has 2 rings (SSSR count). The number of nitrogens with one attached hydrogen (secondary N) is 1. The summed E-state index contributed by atoms with van der Waals surface area (Å²) in [6, 6.07) is 7.74. The number of anilines is 1. The van der Waals surface area contributed by atoms with E-state index in [2.05, 4.69) is 10.3 Å². The van der Waals surface area contributed by atoms with Crippen molar-refractivity contribution in [2.75, 3.05) is 11.9 Å². The van der Waals surface area contributed by atoms with Crippen LogP contribution >= 0.6 is 11.3 Å². The molecule has 0 aliphatic rings. The minimum Gasteiger partial charge on any atom is -0.329 e. The molecule has 0 aliphatic heterocycles. The Hall–Kier alpha value is -1.72. The maximum atomic E-state index is 12.3. The molecule has 0 radical (unpaired) electrons. The standard InChI is InChI=1S/C16H21N3OS/c1-4-16(3,10-17)15(20)19-13-7-5-6-12(8-13)14-9-21-11(2)18-14/h5-9H,4,10,17H2,1-3H3,(H,19,20). The third-order valence-electron chi connectivity index (χ3n) is 3.81. The van der Waals surface area contributed by atoms with Gasteiger partial charge in [0.1, 0.15) is 0 Å². The van der Waals surface area contributed by atoms with Crippen molar-refractivity contribution in [3.8, 4) is 11.3 Å². The predicted molar refractivity (Wildman–Crippen MR) is 88.4 cm³/mol. The van der Waals surface area contributed by atoms with Crippen molar-refractivity contribution in [2.24, 2.45) is 11.1 Å². The number of hydrogen-bond donors (Lipinski definition) is 2. The summed E-state index contributed by atoms with van der Waals surface area (Å²) < 4.78 is 0.